The molecule has 0 atom stereocenters. The van der Waals surface area contributed by atoms with Crippen LogP contribution in [0.3, 0.4) is 0 Å². The highest BCUT2D eigenvalue weighted by Gasteiger charge is 2.26. The summed E-state index contributed by atoms with van der Waals surface area (Å²) in [7, 11) is -2.64. The average molecular weight is 292 g/mol. The molecule has 3 N–H and O–H groups in total. The monoisotopic (exact) mass is 292 g/mol. The van der Waals surface area contributed by atoms with E-state index < -0.39 is 28.4 Å². The maximum absolute atomic E-state index is 11.9. The Balaban J connectivity index is 3.09. The van der Waals surface area contributed by atoms with Crippen molar-refractivity contribution in [3.63, 3.8) is 0 Å². The van der Waals surface area contributed by atoms with Crippen molar-refractivity contribution in [1.29, 1.82) is 0 Å². The second-order valence-electron chi connectivity index (χ2n) is 3.38. The summed E-state index contributed by atoms with van der Waals surface area (Å²) in [6.45, 7) is 1.06. The first kappa shape index (κ1) is 14.6. The van der Waals surface area contributed by atoms with Crippen LogP contribution in [-0.2, 0) is 14.8 Å². The number of carbonyl (C=O) groups is 2. The molecule has 0 fully saturated rings. The second kappa shape index (κ2) is 5.46. The molecule has 0 aromatic carbocycles. The Morgan fingerprint density at radius 1 is 1.44 bits per heavy atom. The van der Waals surface area contributed by atoms with Gasteiger partial charge in [0.05, 0.1) is 6.54 Å². The zero-order valence-electron chi connectivity index (χ0n) is 9.68. The number of thiophene rings is 1. The number of carboxylic acid groups (broad SMARTS) is 1. The van der Waals surface area contributed by atoms with Gasteiger partial charge in [-0.3, -0.25) is 4.79 Å². The van der Waals surface area contributed by atoms with E-state index >= 15 is 0 Å². The molecular weight excluding hydrogens is 280 g/mol. The highest BCUT2D eigenvalue weighted by atomic mass is 32.2. The van der Waals surface area contributed by atoms with Crippen molar-refractivity contribution in [3.05, 3.63) is 15.8 Å². The Kier molecular flexibility index (Phi) is 4.43. The van der Waals surface area contributed by atoms with Crippen LogP contribution in [-0.4, -0.2) is 39.0 Å². The molecule has 1 heterocycles. The number of carboxylic acids is 1. The fourth-order valence-corrected chi connectivity index (χ4v) is 3.85. The molecule has 1 aromatic heterocycles. The summed E-state index contributed by atoms with van der Waals surface area (Å²) in [4.78, 5) is 21.3. The Hall–Kier alpha value is -1.45. The summed E-state index contributed by atoms with van der Waals surface area (Å²) in [5.74, 6) is -1.82. The molecule has 0 unspecified atom stereocenters. The summed E-state index contributed by atoms with van der Waals surface area (Å²) in [6.07, 6.45) is 0. The molecule has 0 spiro atoms. The third kappa shape index (κ3) is 3.06. The molecule has 1 aromatic rings. The van der Waals surface area contributed by atoms with Gasteiger partial charge in [-0.25, -0.2) is 17.9 Å². The second-order valence-corrected chi connectivity index (χ2v) is 5.96. The number of rotatable bonds is 5. The lowest BCUT2D eigenvalue weighted by molar-refractivity contribution is -0.119. The van der Waals surface area contributed by atoms with Gasteiger partial charge in [0, 0.05) is 7.05 Å². The molecule has 1 rings (SSSR count). The van der Waals surface area contributed by atoms with Crippen LogP contribution in [0.25, 0.3) is 0 Å². The van der Waals surface area contributed by atoms with Gasteiger partial charge in [-0.05, 0) is 17.9 Å². The van der Waals surface area contributed by atoms with Gasteiger partial charge in [-0.1, -0.05) is 0 Å². The van der Waals surface area contributed by atoms with Crippen LogP contribution >= 0.6 is 11.3 Å². The Bertz CT molecular complexity index is 576. The lowest BCUT2D eigenvalue weighted by Crippen LogP contribution is -2.35. The van der Waals surface area contributed by atoms with Crippen molar-refractivity contribution in [1.82, 2.24) is 10.0 Å². The number of hydrogen-bond acceptors (Lipinski definition) is 5. The minimum absolute atomic E-state index is 0.267. The number of nitrogens with one attached hydrogen (secondary N) is 2. The van der Waals surface area contributed by atoms with Crippen LogP contribution in [0.1, 0.15) is 15.2 Å². The summed E-state index contributed by atoms with van der Waals surface area (Å²) in [5.41, 5.74) is 0.335. The first-order chi connectivity index (χ1) is 8.29. The van der Waals surface area contributed by atoms with Gasteiger partial charge in [-0.2, -0.15) is 0 Å². The van der Waals surface area contributed by atoms with Crippen molar-refractivity contribution < 1.29 is 23.1 Å². The zero-order valence-corrected chi connectivity index (χ0v) is 11.3. The van der Waals surface area contributed by atoms with Crippen molar-refractivity contribution in [2.24, 2.45) is 0 Å². The number of amides is 1. The SMILES string of the molecule is CNC(=O)CNS(=O)(=O)c1c(C)csc1C(=O)O. The molecule has 0 saturated heterocycles. The molecule has 18 heavy (non-hydrogen) atoms. The standard InChI is InChI=1S/C9H12N2O5S2/c1-5-4-17-7(9(13)14)8(5)18(15,16)11-3-6(12)10-2/h4,11H,3H2,1-2H3,(H,10,12)(H,13,14). The van der Waals surface area contributed by atoms with E-state index in [0.29, 0.717) is 5.56 Å². The van der Waals surface area contributed by atoms with Gasteiger partial charge < -0.3 is 10.4 Å². The van der Waals surface area contributed by atoms with Crippen molar-refractivity contribution in [2.45, 2.75) is 11.8 Å². The van der Waals surface area contributed by atoms with E-state index in [0.717, 1.165) is 11.3 Å². The van der Waals surface area contributed by atoms with E-state index in [1.807, 2.05) is 0 Å². The van der Waals surface area contributed by atoms with Crippen LogP contribution in [0.5, 0.6) is 0 Å². The quantitative estimate of drug-likeness (QED) is 0.694. The molecule has 0 saturated carbocycles. The fraction of sp³-hybridized carbons (Fsp3) is 0.333. The van der Waals surface area contributed by atoms with Crippen LogP contribution in [0.15, 0.2) is 10.3 Å². The van der Waals surface area contributed by atoms with E-state index in [1.54, 1.807) is 0 Å². The molecule has 1 amide bonds. The van der Waals surface area contributed by atoms with Gasteiger partial charge in [0.1, 0.15) is 9.77 Å². The Labute approximate surface area is 108 Å². The normalized spacial score (nSPS) is 11.2. The zero-order chi connectivity index (χ0) is 13.9. The molecule has 0 bridgehead atoms. The molecule has 0 radical (unpaired) electrons. The minimum Gasteiger partial charge on any atom is -0.477 e. The van der Waals surface area contributed by atoms with Gasteiger partial charge >= 0.3 is 5.97 Å². The van der Waals surface area contributed by atoms with Crippen LogP contribution in [0.2, 0.25) is 0 Å². The summed E-state index contributed by atoms with van der Waals surface area (Å²) >= 11 is 0.832. The third-order valence-corrected chi connectivity index (χ3v) is 4.89. The largest absolute Gasteiger partial charge is 0.477 e. The molecule has 100 valence electrons. The van der Waals surface area contributed by atoms with Crippen LogP contribution < -0.4 is 10.0 Å². The summed E-state index contributed by atoms with van der Waals surface area (Å²) in [6, 6.07) is 0. The van der Waals surface area contributed by atoms with Gasteiger partial charge in [0.15, 0.2) is 0 Å². The number of aryl methyl sites for hydroxylation is 1. The van der Waals surface area contributed by atoms with E-state index in [4.69, 9.17) is 5.11 Å². The first-order valence-electron chi connectivity index (χ1n) is 4.81. The number of likely N-dealkylation sites (N-methyl/N-ethyl adjacent to an activating group) is 1. The average Bonchev–Trinajstić information content (AvgIpc) is 2.69. The maximum atomic E-state index is 11.9. The van der Waals surface area contributed by atoms with E-state index in [2.05, 4.69) is 10.0 Å². The fourth-order valence-electron chi connectivity index (χ4n) is 1.24. The van der Waals surface area contributed by atoms with Crippen LogP contribution in [0, 0.1) is 6.92 Å². The van der Waals surface area contributed by atoms with Crippen molar-refractivity contribution in [3.8, 4) is 0 Å². The highest BCUT2D eigenvalue weighted by molar-refractivity contribution is 7.89. The smallest absolute Gasteiger partial charge is 0.347 e. The first-order valence-corrected chi connectivity index (χ1v) is 7.17. The predicted octanol–water partition coefficient (Wildman–Crippen LogP) is -0.221. The molecule has 7 nitrogen and oxygen atoms in total. The van der Waals surface area contributed by atoms with E-state index in [9.17, 15) is 18.0 Å². The summed E-state index contributed by atoms with van der Waals surface area (Å²) in [5, 5.41) is 12.6. The van der Waals surface area contributed by atoms with Crippen molar-refractivity contribution >= 4 is 33.2 Å². The summed E-state index contributed by atoms with van der Waals surface area (Å²) < 4.78 is 25.9. The topological polar surface area (TPSA) is 113 Å². The van der Waals surface area contributed by atoms with Gasteiger partial charge in [0.25, 0.3) is 0 Å². The van der Waals surface area contributed by atoms with Gasteiger partial charge in [-0.15, -0.1) is 11.3 Å². The van der Waals surface area contributed by atoms with Gasteiger partial charge in [0.2, 0.25) is 15.9 Å². The molecule has 0 aliphatic carbocycles. The highest BCUT2D eigenvalue weighted by Crippen LogP contribution is 2.26. The third-order valence-electron chi connectivity index (χ3n) is 2.08. The predicted molar refractivity (Wildman–Crippen MR) is 65.3 cm³/mol. The number of carbonyl (C=O) groups excluding carboxylic acids is 1. The Morgan fingerprint density at radius 2 is 2.06 bits per heavy atom. The molecule has 9 heteroatoms. The van der Waals surface area contributed by atoms with E-state index in [1.165, 1.54) is 19.4 Å². The lowest BCUT2D eigenvalue weighted by Gasteiger charge is -2.06. The number of aromatic carboxylic acids is 1. The van der Waals surface area contributed by atoms with Crippen LogP contribution in [0.4, 0.5) is 0 Å². The molecule has 0 aliphatic rings. The van der Waals surface area contributed by atoms with E-state index in [-0.39, 0.29) is 9.77 Å². The lowest BCUT2D eigenvalue weighted by atomic mass is 10.3. The number of hydrogen-bond donors (Lipinski definition) is 3. The number of sulfonamides is 1. The minimum atomic E-state index is -4.01. The molecule has 0 aliphatic heterocycles. The Morgan fingerprint density at radius 3 is 2.56 bits per heavy atom. The van der Waals surface area contributed by atoms with Crippen molar-refractivity contribution in [2.75, 3.05) is 13.6 Å². The maximum Gasteiger partial charge on any atom is 0.347 e. The molecular formula is C9H12N2O5S2.